The lowest BCUT2D eigenvalue weighted by molar-refractivity contribution is 0.745. The summed E-state index contributed by atoms with van der Waals surface area (Å²) >= 11 is 0. The fraction of sp³-hybridized carbons (Fsp3) is 0.333. The van der Waals surface area contributed by atoms with E-state index in [9.17, 15) is 0 Å². The Balaban J connectivity index is 2.56. The molecule has 0 spiro atoms. The molecule has 0 unspecified atom stereocenters. The number of benzene rings is 1. The second-order valence-corrected chi connectivity index (χ2v) is 3.82. The maximum absolute atomic E-state index is 5.63. The van der Waals surface area contributed by atoms with Gasteiger partial charge in [-0.1, -0.05) is 12.1 Å². The molecule has 3 nitrogen and oxygen atoms in total. The molecular formula is C12H17N3. The van der Waals surface area contributed by atoms with Crippen molar-refractivity contribution in [1.29, 1.82) is 0 Å². The van der Waals surface area contributed by atoms with Crippen molar-refractivity contribution in [2.24, 2.45) is 12.8 Å². The molecule has 0 bridgehead atoms. The zero-order valence-corrected chi connectivity index (χ0v) is 9.25. The SMILES string of the molecule is CNCc1cc2ccc(CN)cc2n1C. The van der Waals surface area contributed by atoms with Crippen LogP contribution in [-0.4, -0.2) is 11.6 Å². The largest absolute Gasteiger partial charge is 0.346 e. The van der Waals surface area contributed by atoms with Gasteiger partial charge >= 0.3 is 0 Å². The van der Waals surface area contributed by atoms with Gasteiger partial charge in [-0.25, -0.2) is 0 Å². The first-order valence-corrected chi connectivity index (χ1v) is 5.18. The molecule has 1 heterocycles. The van der Waals surface area contributed by atoms with Crippen LogP contribution in [-0.2, 0) is 20.1 Å². The molecular weight excluding hydrogens is 186 g/mol. The lowest BCUT2D eigenvalue weighted by Gasteiger charge is -2.03. The number of aromatic nitrogens is 1. The number of rotatable bonds is 3. The van der Waals surface area contributed by atoms with Crippen molar-refractivity contribution in [3.63, 3.8) is 0 Å². The molecule has 0 radical (unpaired) electrons. The summed E-state index contributed by atoms with van der Waals surface area (Å²) in [6, 6.07) is 8.60. The van der Waals surface area contributed by atoms with Crippen molar-refractivity contribution in [2.45, 2.75) is 13.1 Å². The molecule has 0 amide bonds. The van der Waals surface area contributed by atoms with E-state index in [1.807, 2.05) is 7.05 Å². The summed E-state index contributed by atoms with van der Waals surface area (Å²) in [5, 5.41) is 4.45. The smallest absolute Gasteiger partial charge is 0.0483 e. The molecule has 0 atom stereocenters. The second-order valence-electron chi connectivity index (χ2n) is 3.82. The summed E-state index contributed by atoms with van der Waals surface area (Å²) in [7, 11) is 4.05. The average Bonchev–Trinajstić information content (AvgIpc) is 2.56. The standard InChI is InChI=1S/C12H17N3/c1-14-8-11-6-10-4-3-9(7-13)5-12(10)15(11)2/h3-6,14H,7-8,13H2,1-2H3. The van der Waals surface area contributed by atoms with Gasteiger partial charge in [0.15, 0.2) is 0 Å². The Hall–Kier alpha value is -1.32. The van der Waals surface area contributed by atoms with Gasteiger partial charge in [0.25, 0.3) is 0 Å². The summed E-state index contributed by atoms with van der Waals surface area (Å²) < 4.78 is 2.21. The van der Waals surface area contributed by atoms with Crippen LogP contribution in [0.2, 0.25) is 0 Å². The lowest BCUT2D eigenvalue weighted by atomic mass is 10.1. The fourth-order valence-electron chi connectivity index (χ4n) is 1.91. The van der Waals surface area contributed by atoms with Crippen LogP contribution in [0.25, 0.3) is 10.9 Å². The first-order chi connectivity index (χ1) is 7.26. The predicted octanol–water partition coefficient (Wildman–Crippen LogP) is 1.36. The summed E-state index contributed by atoms with van der Waals surface area (Å²) in [4.78, 5) is 0. The van der Waals surface area contributed by atoms with E-state index in [1.54, 1.807) is 0 Å². The van der Waals surface area contributed by atoms with E-state index in [4.69, 9.17) is 5.73 Å². The molecule has 80 valence electrons. The predicted molar refractivity (Wildman–Crippen MR) is 63.6 cm³/mol. The molecule has 0 saturated carbocycles. The van der Waals surface area contributed by atoms with Crippen LogP contribution in [0.5, 0.6) is 0 Å². The summed E-state index contributed by atoms with van der Waals surface area (Å²) in [5.74, 6) is 0. The van der Waals surface area contributed by atoms with Gasteiger partial charge in [0, 0.05) is 31.3 Å². The Labute approximate surface area is 89.9 Å². The van der Waals surface area contributed by atoms with E-state index in [0.717, 1.165) is 6.54 Å². The van der Waals surface area contributed by atoms with E-state index in [2.05, 4.69) is 41.2 Å². The third kappa shape index (κ3) is 1.76. The molecule has 0 aliphatic rings. The van der Waals surface area contributed by atoms with Crippen molar-refractivity contribution in [3.05, 3.63) is 35.5 Å². The zero-order valence-electron chi connectivity index (χ0n) is 9.25. The van der Waals surface area contributed by atoms with Crippen molar-refractivity contribution in [3.8, 4) is 0 Å². The second kappa shape index (κ2) is 4.04. The molecule has 3 N–H and O–H groups in total. The molecule has 2 aromatic rings. The minimum atomic E-state index is 0.600. The Morgan fingerprint density at radius 1 is 1.33 bits per heavy atom. The van der Waals surface area contributed by atoms with Crippen molar-refractivity contribution < 1.29 is 0 Å². The van der Waals surface area contributed by atoms with Crippen LogP contribution < -0.4 is 11.1 Å². The lowest BCUT2D eigenvalue weighted by Crippen LogP contribution is -2.08. The number of fused-ring (bicyclic) bond motifs is 1. The maximum Gasteiger partial charge on any atom is 0.0483 e. The van der Waals surface area contributed by atoms with Crippen molar-refractivity contribution in [1.82, 2.24) is 9.88 Å². The van der Waals surface area contributed by atoms with Gasteiger partial charge in [0.2, 0.25) is 0 Å². The molecule has 0 aliphatic carbocycles. The molecule has 2 rings (SSSR count). The third-order valence-electron chi connectivity index (χ3n) is 2.80. The minimum absolute atomic E-state index is 0.600. The van der Waals surface area contributed by atoms with Gasteiger partial charge in [-0.2, -0.15) is 0 Å². The molecule has 0 fully saturated rings. The zero-order chi connectivity index (χ0) is 10.8. The van der Waals surface area contributed by atoms with Crippen LogP contribution in [0.3, 0.4) is 0 Å². The summed E-state index contributed by atoms with van der Waals surface area (Å²) in [6.07, 6.45) is 0. The minimum Gasteiger partial charge on any atom is -0.346 e. The Bertz CT molecular complexity index is 471. The first kappa shape index (κ1) is 10.2. The number of hydrogen-bond acceptors (Lipinski definition) is 2. The first-order valence-electron chi connectivity index (χ1n) is 5.18. The van der Waals surface area contributed by atoms with Crippen LogP contribution >= 0.6 is 0 Å². The molecule has 1 aromatic heterocycles. The van der Waals surface area contributed by atoms with Gasteiger partial charge in [-0.05, 0) is 30.1 Å². The number of nitrogens with two attached hydrogens (primary N) is 1. The third-order valence-corrected chi connectivity index (χ3v) is 2.80. The van der Waals surface area contributed by atoms with Crippen LogP contribution in [0, 0.1) is 0 Å². The van der Waals surface area contributed by atoms with Crippen LogP contribution in [0.15, 0.2) is 24.3 Å². The molecule has 15 heavy (non-hydrogen) atoms. The monoisotopic (exact) mass is 203 g/mol. The van der Waals surface area contributed by atoms with Crippen LogP contribution in [0.4, 0.5) is 0 Å². The van der Waals surface area contributed by atoms with E-state index >= 15 is 0 Å². The number of nitrogens with zero attached hydrogens (tertiary/aromatic N) is 1. The number of nitrogens with one attached hydrogen (secondary N) is 1. The molecule has 0 aliphatic heterocycles. The van der Waals surface area contributed by atoms with Crippen LogP contribution in [0.1, 0.15) is 11.3 Å². The number of aryl methyl sites for hydroxylation is 1. The average molecular weight is 203 g/mol. The normalized spacial score (nSPS) is 11.1. The van der Waals surface area contributed by atoms with Gasteiger partial charge in [0.05, 0.1) is 0 Å². The summed E-state index contributed by atoms with van der Waals surface area (Å²) in [6.45, 7) is 1.49. The highest BCUT2D eigenvalue weighted by Crippen LogP contribution is 2.20. The van der Waals surface area contributed by atoms with Crippen molar-refractivity contribution >= 4 is 10.9 Å². The maximum atomic E-state index is 5.63. The Morgan fingerprint density at radius 2 is 2.13 bits per heavy atom. The van der Waals surface area contributed by atoms with Crippen molar-refractivity contribution in [2.75, 3.05) is 7.05 Å². The van der Waals surface area contributed by atoms with E-state index < -0.39 is 0 Å². The quantitative estimate of drug-likeness (QED) is 0.791. The Morgan fingerprint density at radius 3 is 2.80 bits per heavy atom. The van der Waals surface area contributed by atoms with E-state index in [0.29, 0.717) is 6.54 Å². The topological polar surface area (TPSA) is 43.0 Å². The highest BCUT2D eigenvalue weighted by molar-refractivity contribution is 5.82. The molecule has 3 heteroatoms. The van der Waals surface area contributed by atoms with Gasteiger partial charge in [-0.3, -0.25) is 0 Å². The molecule has 1 aromatic carbocycles. The van der Waals surface area contributed by atoms with E-state index in [1.165, 1.54) is 22.2 Å². The Kier molecular flexibility index (Phi) is 2.75. The molecule has 0 saturated heterocycles. The fourth-order valence-corrected chi connectivity index (χ4v) is 1.91. The van der Waals surface area contributed by atoms with E-state index in [-0.39, 0.29) is 0 Å². The highest BCUT2D eigenvalue weighted by atomic mass is 15.0. The van der Waals surface area contributed by atoms with Gasteiger partial charge in [0.1, 0.15) is 0 Å². The van der Waals surface area contributed by atoms with Gasteiger partial charge in [-0.15, -0.1) is 0 Å². The van der Waals surface area contributed by atoms with Gasteiger partial charge < -0.3 is 15.6 Å². The highest BCUT2D eigenvalue weighted by Gasteiger charge is 2.04. The summed E-state index contributed by atoms with van der Waals surface area (Å²) in [5.41, 5.74) is 9.36. The number of hydrogen-bond donors (Lipinski definition) is 2.